The Kier molecular flexibility index (Phi) is 5.00. The van der Waals surface area contributed by atoms with Crippen molar-refractivity contribution in [2.24, 2.45) is 0 Å². The summed E-state index contributed by atoms with van der Waals surface area (Å²) in [7, 11) is 0. The van der Waals surface area contributed by atoms with E-state index in [0.29, 0.717) is 0 Å². The molecule has 0 bridgehead atoms. The van der Waals surface area contributed by atoms with E-state index in [1.165, 1.54) is 40.8 Å². The van der Waals surface area contributed by atoms with Gasteiger partial charge in [-0.05, 0) is 65.0 Å². The number of benzene rings is 3. The summed E-state index contributed by atoms with van der Waals surface area (Å²) in [6, 6.07) is 32.5. The SMILES string of the molecule is Ic1nn(C(c2ccccc2)(c2ccccc2)c2ccccc2)c2c1CCCC2. The highest BCUT2D eigenvalue weighted by Crippen LogP contribution is 2.43. The Bertz CT molecular complexity index is 1010. The van der Waals surface area contributed by atoms with Gasteiger partial charge in [-0.1, -0.05) is 91.0 Å². The third kappa shape index (κ3) is 3.03. The third-order valence-corrected chi connectivity index (χ3v) is 6.89. The number of halogens is 1. The van der Waals surface area contributed by atoms with E-state index in [9.17, 15) is 0 Å². The maximum absolute atomic E-state index is 5.20. The molecule has 0 saturated heterocycles. The first-order valence-electron chi connectivity index (χ1n) is 10.2. The highest BCUT2D eigenvalue weighted by Gasteiger charge is 2.42. The number of nitrogens with zero attached hydrogens (tertiary/aromatic N) is 2. The van der Waals surface area contributed by atoms with Crippen LogP contribution in [-0.4, -0.2) is 9.78 Å². The second kappa shape index (κ2) is 7.79. The summed E-state index contributed by atoms with van der Waals surface area (Å²) < 4.78 is 3.48. The van der Waals surface area contributed by atoms with Crippen molar-refractivity contribution in [2.75, 3.05) is 0 Å². The zero-order valence-electron chi connectivity index (χ0n) is 16.3. The van der Waals surface area contributed by atoms with Crippen LogP contribution in [0.4, 0.5) is 0 Å². The van der Waals surface area contributed by atoms with E-state index in [0.717, 1.165) is 16.5 Å². The molecule has 1 aliphatic carbocycles. The van der Waals surface area contributed by atoms with Gasteiger partial charge < -0.3 is 0 Å². The maximum Gasteiger partial charge on any atom is 0.138 e. The van der Waals surface area contributed by atoms with Crippen molar-refractivity contribution < 1.29 is 0 Å². The molecule has 1 heterocycles. The summed E-state index contributed by atoms with van der Waals surface area (Å²) in [4.78, 5) is 0. The Hall–Kier alpha value is -2.40. The van der Waals surface area contributed by atoms with Crippen molar-refractivity contribution >= 4 is 22.6 Å². The summed E-state index contributed by atoms with van der Waals surface area (Å²) in [5.74, 6) is 0. The molecule has 1 aliphatic rings. The second-order valence-electron chi connectivity index (χ2n) is 7.64. The van der Waals surface area contributed by atoms with E-state index in [2.05, 4.69) is 118 Å². The molecule has 0 unspecified atom stereocenters. The molecule has 5 rings (SSSR count). The van der Waals surface area contributed by atoms with Gasteiger partial charge in [0.1, 0.15) is 9.24 Å². The van der Waals surface area contributed by atoms with Crippen molar-refractivity contribution in [3.8, 4) is 0 Å². The van der Waals surface area contributed by atoms with Crippen LogP contribution in [0, 0.1) is 3.70 Å². The zero-order chi connectivity index (χ0) is 19.7. The molecule has 2 nitrogen and oxygen atoms in total. The standard InChI is InChI=1S/C26H23IN2/c27-25-23-18-10-11-19-24(23)29(28-25)26(20-12-4-1-5-13-20,21-14-6-2-7-15-21)22-16-8-3-9-17-22/h1-9,12-17H,10-11,18-19H2. The lowest BCUT2D eigenvalue weighted by atomic mass is 9.76. The molecule has 0 atom stereocenters. The van der Waals surface area contributed by atoms with Crippen LogP contribution in [0.15, 0.2) is 91.0 Å². The number of aromatic nitrogens is 2. The average Bonchev–Trinajstić information content (AvgIpc) is 3.14. The molecular weight excluding hydrogens is 467 g/mol. The van der Waals surface area contributed by atoms with E-state index in [1.807, 2.05) is 0 Å². The summed E-state index contributed by atoms with van der Waals surface area (Å²) in [6.07, 6.45) is 4.69. The number of hydrogen-bond donors (Lipinski definition) is 0. The summed E-state index contributed by atoms with van der Waals surface area (Å²) in [5.41, 5.74) is 6.05. The topological polar surface area (TPSA) is 17.8 Å². The van der Waals surface area contributed by atoms with Gasteiger partial charge in [-0.25, -0.2) is 4.68 Å². The molecule has 3 aromatic carbocycles. The fourth-order valence-electron chi connectivity index (χ4n) is 4.74. The van der Waals surface area contributed by atoms with Gasteiger partial charge in [-0.2, -0.15) is 5.10 Å². The summed E-state index contributed by atoms with van der Waals surface area (Å²) in [6.45, 7) is 0. The lowest BCUT2D eigenvalue weighted by molar-refractivity contribution is 0.433. The minimum atomic E-state index is -0.491. The first-order valence-corrected chi connectivity index (χ1v) is 11.3. The normalized spacial score (nSPS) is 13.8. The molecule has 0 spiro atoms. The Labute approximate surface area is 185 Å². The van der Waals surface area contributed by atoms with Crippen molar-refractivity contribution in [1.29, 1.82) is 0 Å². The van der Waals surface area contributed by atoms with Gasteiger partial charge in [0.25, 0.3) is 0 Å². The molecule has 0 saturated carbocycles. The van der Waals surface area contributed by atoms with E-state index in [-0.39, 0.29) is 0 Å². The molecule has 0 radical (unpaired) electrons. The summed E-state index contributed by atoms with van der Waals surface area (Å²) >= 11 is 2.43. The van der Waals surface area contributed by atoms with E-state index in [1.54, 1.807) is 0 Å². The Morgan fingerprint density at radius 2 is 1.10 bits per heavy atom. The largest absolute Gasteiger partial charge is 0.249 e. The van der Waals surface area contributed by atoms with Gasteiger partial charge in [0, 0.05) is 11.3 Å². The molecule has 3 heteroatoms. The molecule has 29 heavy (non-hydrogen) atoms. The highest BCUT2D eigenvalue weighted by atomic mass is 127. The molecule has 0 aliphatic heterocycles. The van der Waals surface area contributed by atoms with Crippen molar-refractivity contribution in [2.45, 2.75) is 31.2 Å². The van der Waals surface area contributed by atoms with Crippen molar-refractivity contribution in [1.82, 2.24) is 9.78 Å². The lowest BCUT2D eigenvalue weighted by Gasteiger charge is -2.38. The average molecular weight is 490 g/mol. The van der Waals surface area contributed by atoms with Crippen LogP contribution in [0.5, 0.6) is 0 Å². The van der Waals surface area contributed by atoms with Gasteiger partial charge in [0.05, 0.1) is 0 Å². The molecule has 144 valence electrons. The smallest absolute Gasteiger partial charge is 0.138 e. The molecule has 0 fully saturated rings. The van der Waals surface area contributed by atoms with Gasteiger partial charge in [-0.15, -0.1) is 0 Å². The van der Waals surface area contributed by atoms with Crippen LogP contribution in [-0.2, 0) is 18.4 Å². The molecule has 4 aromatic rings. The first kappa shape index (κ1) is 18.6. The van der Waals surface area contributed by atoms with Crippen LogP contribution in [0.2, 0.25) is 0 Å². The quantitative estimate of drug-likeness (QED) is 0.246. The van der Waals surface area contributed by atoms with Crippen LogP contribution in [0.25, 0.3) is 0 Å². The Morgan fingerprint density at radius 3 is 1.59 bits per heavy atom. The fraction of sp³-hybridized carbons (Fsp3) is 0.192. The van der Waals surface area contributed by atoms with Gasteiger partial charge >= 0.3 is 0 Å². The maximum atomic E-state index is 5.20. The molecule has 0 amide bonds. The molecule has 1 aromatic heterocycles. The van der Waals surface area contributed by atoms with Gasteiger partial charge in [-0.3, -0.25) is 0 Å². The number of rotatable bonds is 4. The Balaban J connectivity index is 1.92. The Morgan fingerprint density at radius 1 is 0.655 bits per heavy atom. The van der Waals surface area contributed by atoms with Crippen LogP contribution >= 0.6 is 22.6 Å². The zero-order valence-corrected chi connectivity index (χ0v) is 18.4. The predicted molar refractivity (Wildman–Crippen MR) is 126 cm³/mol. The lowest BCUT2D eigenvalue weighted by Crippen LogP contribution is -2.40. The molecular formula is C26H23IN2. The van der Waals surface area contributed by atoms with Crippen LogP contribution < -0.4 is 0 Å². The van der Waals surface area contributed by atoms with E-state index < -0.39 is 5.54 Å². The predicted octanol–water partition coefficient (Wildman–Crippen LogP) is 6.21. The van der Waals surface area contributed by atoms with E-state index in [4.69, 9.17) is 5.10 Å². The highest BCUT2D eigenvalue weighted by molar-refractivity contribution is 14.1. The fourth-order valence-corrected chi connectivity index (χ4v) is 5.53. The molecule has 0 N–H and O–H groups in total. The van der Waals surface area contributed by atoms with Crippen LogP contribution in [0.3, 0.4) is 0 Å². The first-order chi connectivity index (χ1) is 14.3. The third-order valence-electron chi connectivity index (χ3n) is 6.02. The van der Waals surface area contributed by atoms with Gasteiger partial charge in [0.15, 0.2) is 0 Å². The van der Waals surface area contributed by atoms with Gasteiger partial charge in [0.2, 0.25) is 0 Å². The number of hydrogen-bond acceptors (Lipinski definition) is 1. The minimum absolute atomic E-state index is 0.491. The monoisotopic (exact) mass is 490 g/mol. The van der Waals surface area contributed by atoms with Crippen LogP contribution in [0.1, 0.15) is 40.8 Å². The number of fused-ring (bicyclic) bond motifs is 1. The minimum Gasteiger partial charge on any atom is -0.249 e. The summed E-state index contributed by atoms with van der Waals surface area (Å²) in [5, 5.41) is 5.20. The van der Waals surface area contributed by atoms with E-state index >= 15 is 0 Å². The van der Waals surface area contributed by atoms with Crippen molar-refractivity contribution in [3.05, 3.63) is 123 Å². The van der Waals surface area contributed by atoms with Crippen molar-refractivity contribution in [3.63, 3.8) is 0 Å². The second-order valence-corrected chi connectivity index (χ2v) is 8.67.